The molecule has 1 aromatic heterocycles. The van der Waals surface area contributed by atoms with E-state index in [0.717, 1.165) is 37.5 Å². The van der Waals surface area contributed by atoms with Crippen LogP contribution in [-0.4, -0.2) is 17.7 Å². The predicted octanol–water partition coefficient (Wildman–Crippen LogP) is 1.55. The van der Waals surface area contributed by atoms with E-state index in [4.69, 9.17) is 0 Å². The lowest BCUT2D eigenvalue weighted by Gasteiger charge is -2.22. The van der Waals surface area contributed by atoms with Crippen molar-refractivity contribution in [2.24, 2.45) is 5.92 Å². The number of aromatic nitrogens is 1. The van der Waals surface area contributed by atoms with Crippen molar-refractivity contribution >= 4 is 0 Å². The fourth-order valence-electron chi connectivity index (χ4n) is 2.32. The van der Waals surface area contributed by atoms with Crippen molar-refractivity contribution in [2.75, 3.05) is 13.1 Å². The predicted molar refractivity (Wildman–Crippen MR) is 65.6 cm³/mol. The largest absolute Gasteiger partial charge is 0.316 e. The highest BCUT2D eigenvalue weighted by Crippen LogP contribution is 2.14. The van der Waals surface area contributed by atoms with Crippen molar-refractivity contribution in [1.82, 2.24) is 9.88 Å². The summed E-state index contributed by atoms with van der Waals surface area (Å²) < 4.78 is 1.84. The van der Waals surface area contributed by atoms with Crippen LogP contribution in [0.5, 0.6) is 0 Å². The lowest BCUT2D eigenvalue weighted by molar-refractivity contribution is 0.340. The Labute approximate surface area is 96.5 Å². The molecular formula is C13H20N2O. The van der Waals surface area contributed by atoms with Crippen LogP contribution < -0.4 is 10.9 Å². The van der Waals surface area contributed by atoms with Crippen LogP contribution in [0.4, 0.5) is 0 Å². The molecule has 0 aliphatic carbocycles. The van der Waals surface area contributed by atoms with Gasteiger partial charge in [-0.05, 0) is 51.3 Å². The van der Waals surface area contributed by atoms with Crippen molar-refractivity contribution in [2.45, 2.75) is 32.7 Å². The minimum atomic E-state index is 0.159. The molecule has 0 saturated carbocycles. The van der Waals surface area contributed by atoms with Gasteiger partial charge in [-0.2, -0.15) is 0 Å². The summed E-state index contributed by atoms with van der Waals surface area (Å²) in [5, 5.41) is 3.41. The zero-order valence-electron chi connectivity index (χ0n) is 9.91. The van der Waals surface area contributed by atoms with E-state index < -0.39 is 0 Å². The van der Waals surface area contributed by atoms with Gasteiger partial charge >= 0.3 is 0 Å². The van der Waals surface area contributed by atoms with Gasteiger partial charge in [0.15, 0.2) is 0 Å². The Morgan fingerprint density at radius 1 is 1.56 bits per heavy atom. The molecule has 3 heteroatoms. The van der Waals surface area contributed by atoms with E-state index in [1.165, 1.54) is 12.8 Å². The van der Waals surface area contributed by atoms with Crippen LogP contribution in [0.3, 0.4) is 0 Å². The van der Waals surface area contributed by atoms with Crippen LogP contribution in [0.2, 0.25) is 0 Å². The van der Waals surface area contributed by atoms with Crippen molar-refractivity contribution in [3.8, 4) is 0 Å². The topological polar surface area (TPSA) is 34.0 Å². The van der Waals surface area contributed by atoms with E-state index in [1.54, 1.807) is 0 Å². The lowest BCUT2D eigenvalue weighted by Crippen LogP contribution is -2.31. The molecule has 0 bridgehead atoms. The van der Waals surface area contributed by atoms with Gasteiger partial charge in [-0.25, -0.2) is 0 Å². The quantitative estimate of drug-likeness (QED) is 0.838. The molecule has 1 N–H and O–H groups in total. The van der Waals surface area contributed by atoms with Gasteiger partial charge in [0, 0.05) is 18.3 Å². The highest BCUT2D eigenvalue weighted by molar-refractivity contribution is 5.07. The SMILES string of the molecule is Cc1cccn(CCC2CCCNC2)c1=O. The van der Waals surface area contributed by atoms with Gasteiger partial charge in [0.1, 0.15) is 0 Å². The smallest absolute Gasteiger partial charge is 0.253 e. The fourth-order valence-corrected chi connectivity index (χ4v) is 2.32. The van der Waals surface area contributed by atoms with E-state index in [2.05, 4.69) is 5.32 Å². The summed E-state index contributed by atoms with van der Waals surface area (Å²) in [6.07, 6.45) is 5.57. The molecule has 16 heavy (non-hydrogen) atoms. The van der Waals surface area contributed by atoms with E-state index in [-0.39, 0.29) is 5.56 Å². The molecule has 3 nitrogen and oxygen atoms in total. The molecule has 0 spiro atoms. The van der Waals surface area contributed by atoms with Crippen molar-refractivity contribution in [1.29, 1.82) is 0 Å². The Morgan fingerprint density at radius 3 is 3.19 bits per heavy atom. The molecule has 0 amide bonds. The standard InChI is InChI=1S/C13H20N2O/c1-11-4-3-8-15(13(11)16)9-6-12-5-2-7-14-10-12/h3-4,8,12,14H,2,5-7,9-10H2,1H3. The van der Waals surface area contributed by atoms with Gasteiger partial charge in [-0.1, -0.05) is 6.07 Å². The minimum absolute atomic E-state index is 0.159. The molecule has 2 heterocycles. The average Bonchev–Trinajstić information content (AvgIpc) is 2.32. The summed E-state index contributed by atoms with van der Waals surface area (Å²) in [4.78, 5) is 11.8. The number of rotatable bonds is 3. The second-order valence-electron chi connectivity index (χ2n) is 4.69. The second-order valence-corrected chi connectivity index (χ2v) is 4.69. The van der Waals surface area contributed by atoms with E-state index in [1.807, 2.05) is 29.8 Å². The van der Waals surface area contributed by atoms with Crippen molar-refractivity contribution in [3.05, 3.63) is 34.2 Å². The monoisotopic (exact) mass is 220 g/mol. The molecular weight excluding hydrogens is 200 g/mol. The number of piperidine rings is 1. The summed E-state index contributed by atoms with van der Waals surface area (Å²) in [6, 6.07) is 3.83. The van der Waals surface area contributed by atoms with Crippen LogP contribution in [0.15, 0.2) is 23.1 Å². The Bertz CT molecular complexity index is 391. The first-order chi connectivity index (χ1) is 7.77. The molecule has 0 aromatic carbocycles. The summed E-state index contributed by atoms with van der Waals surface area (Å²) in [7, 11) is 0. The van der Waals surface area contributed by atoms with Crippen LogP contribution >= 0.6 is 0 Å². The molecule has 88 valence electrons. The van der Waals surface area contributed by atoms with Crippen LogP contribution in [0.1, 0.15) is 24.8 Å². The summed E-state index contributed by atoms with van der Waals surface area (Å²) >= 11 is 0. The number of nitrogens with zero attached hydrogens (tertiary/aromatic N) is 1. The Kier molecular flexibility index (Phi) is 3.78. The van der Waals surface area contributed by atoms with Crippen LogP contribution in [-0.2, 0) is 6.54 Å². The third-order valence-corrected chi connectivity index (χ3v) is 3.39. The fraction of sp³-hybridized carbons (Fsp3) is 0.615. The second kappa shape index (κ2) is 5.30. The molecule has 1 unspecified atom stereocenters. The van der Waals surface area contributed by atoms with Gasteiger partial charge in [-0.15, -0.1) is 0 Å². The van der Waals surface area contributed by atoms with Gasteiger partial charge in [0.2, 0.25) is 0 Å². The molecule has 1 atom stereocenters. The first-order valence-electron chi connectivity index (χ1n) is 6.14. The molecule has 0 radical (unpaired) electrons. The highest BCUT2D eigenvalue weighted by atomic mass is 16.1. The summed E-state index contributed by atoms with van der Waals surface area (Å²) in [6.45, 7) is 5.00. The highest BCUT2D eigenvalue weighted by Gasteiger charge is 2.12. The summed E-state index contributed by atoms with van der Waals surface area (Å²) in [5.41, 5.74) is 0.996. The Balaban J connectivity index is 1.94. The first kappa shape index (κ1) is 11.4. The van der Waals surface area contributed by atoms with E-state index >= 15 is 0 Å². The maximum Gasteiger partial charge on any atom is 0.253 e. The van der Waals surface area contributed by atoms with Gasteiger partial charge in [0.25, 0.3) is 5.56 Å². The Morgan fingerprint density at radius 2 is 2.44 bits per heavy atom. The van der Waals surface area contributed by atoms with Gasteiger partial charge in [-0.3, -0.25) is 4.79 Å². The molecule has 1 saturated heterocycles. The number of pyridine rings is 1. The van der Waals surface area contributed by atoms with Gasteiger partial charge < -0.3 is 9.88 Å². The zero-order chi connectivity index (χ0) is 11.4. The summed E-state index contributed by atoms with van der Waals surface area (Å²) in [5.74, 6) is 0.737. The minimum Gasteiger partial charge on any atom is -0.316 e. The average molecular weight is 220 g/mol. The van der Waals surface area contributed by atoms with Crippen LogP contribution in [0, 0.1) is 12.8 Å². The number of hydrogen-bond donors (Lipinski definition) is 1. The lowest BCUT2D eigenvalue weighted by atomic mass is 9.96. The third-order valence-electron chi connectivity index (χ3n) is 3.39. The molecule has 1 aliphatic heterocycles. The van der Waals surface area contributed by atoms with Gasteiger partial charge in [0.05, 0.1) is 0 Å². The molecule has 1 fully saturated rings. The number of hydrogen-bond acceptors (Lipinski definition) is 2. The molecule has 1 aromatic rings. The first-order valence-corrected chi connectivity index (χ1v) is 6.14. The molecule has 1 aliphatic rings. The Hall–Kier alpha value is -1.09. The molecule has 2 rings (SSSR count). The maximum absolute atomic E-state index is 11.8. The normalized spacial score (nSPS) is 20.9. The maximum atomic E-state index is 11.8. The zero-order valence-corrected chi connectivity index (χ0v) is 9.91. The number of nitrogens with one attached hydrogen (secondary N) is 1. The van der Waals surface area contributed by atoms with E-state index in [0.29, 0.717) is 0 Å². The van der Waals surface area contributed by atoms with Crippen molar-refractivity contribution < 1.29 is 0 Å². The third kappa shape index (κ3) is 2.73. The van der Waals surface area contributed by atoms with E-state index in [9.17, 15) is 4.79 Å². The van der Waals surface area contributed by atoms with Crippen molar-refractivity contribution in [3.63, 3.8) is 0 Å². The number of aryl methyl sites for hydroxylation is 2. The van der Waals surface area contributed by atoms with Crippen LogP contribution in [0.25, 0.3) is 0 Å².